The second-order valence-corrected chi connectivity index (χ2v) is 10.0. The molecule has 5 nitrogen and oxygen atoms in total. The Kier molecular flexibility index (Phi) is 6.28. The highest BCUT2D eigenvalue weighted by atomic mass is 31.1. The highest BCUT2D eigenvalue weighted by molar-refractivity contribution is 7.34. The van der Waals surface area contributed by atoms with Crippen LogP contribution in [0.1, 0.15) is 11.1 Å². The van der Waals surface area contributed by atoms with E-state index in [-0.39, 0.29) is 11.8 Å². The van der Waals surface area contributed by atoms with Crippen molar-refractivity contribution in [2.45, 2.75) is 13.8 Å². The van der Waals surface area contributed by atoms with Crippen molar-refractivity contribution in [2.24, 2.45) is 0 Å². The van der Waals surface area contributed by atoms with E-state index in [1.165, 1.54) is 0 Å². The zero-order chi connectivity index (χ0) is 26.1. The zero-order valence-electron chi connectivity index (χ0n) is 21.0. The SMILES string of the molecule is Cc1ccc(-c2cc3ccccc3c(O[P+](=O)Oc3nc(-c4ccc(C)cc4)cc4ccccc34)n2)cc1. The maximum atomic E-state index is 13.3. The van der Waals surface area contributed by atoms with Crippen LogP contribution in [0.25, 0.3) is 44.1 Å². The van der Waals surface area contributed by atoms with Crippen molar-refractivity contribution in [3.8, 4) is 34.3 Å². The van der Waals surface area contributed by atoms with Crippen LogP contribution in [0.5, 0.6) is 11.8 Å². The van der Waals surface area contributed by atoms with E-state index in [2.05, 4.69) is 0 Å². The van der Waals surface area contributed by atoms with Gasteiger partial charge in [0.2, 0.25) is 0 Å². The number of nitrogens with zero attached hydrogens (tertiary/aromatic N) is 2. The first-order chi connectivity index (χ1) is 18.5. The lowest BCUT2D eigenvalue weighted by atomic mass is 10.1. The molecule has 0 saturated heterocycles. The lowest BCUT2D eigenvalue weighted by Gasteiger charge is -2.07. The molecule has 0 N–H and O–H groups in total. The quantitative estimate of drug-likeness (QED) is 0.207. The molecule has 0 saturated carbocycles. The molecule has 2 heterocycles. The second-order valence-electron chi connectivity index (χ2n) is 9.21. The Morgan fingerprint density at radius 1 is 0.553 bits per heavy atom. The molecule has 6 aromatic rings. The molecule has 0 unspecified atom stereocenters. The van der Waals surface area contributed by atoms with Gasteiger partial charge in [-0.3, -0.25) is 0 Å². The average Bonchev–Trinajstić information content (AvgIpc) is 2.93. The Balaban J connectivity index is 1.36. The van der Waals surface area contributed by atoms with Crippen LogP contribution in [0.4, 0.5) is 0 Å². The van der Waals surface area contributed by atoms with Crippen LogP contribution in [-0.4, -0.2) is 9.97 Å². The molecular formula is C32H24N2O3P+. The number of aromatic nitrogens is 2. The summed E-state index contributed by atoms with van der Waals surface area (Å²) in [6.45, 7) is 4.08. The summed E-state index contributed by atoms with van der Waals surface area (Å²) in [5.41, 5.74) is 5.67. The van der Waals surface area contributed by atoms with Gasteiger partial charge >= 0.3 is 8.25 Å². The fraction of sp³-hybridized carbons (Fsp3) is 0.0625. The first-order valence-electron chi connectivity index (χ1n) is 12.3. The molecule has 0 amide bonds. The van der Waals surface area contributed by atoms with Crippen molar-refractivity contribution in [1.29, 1.82) is 0 Å². The molecule has 184 valence electrons. The molecule has 0 atom stereocenters. The Hall–Kier alpha value is -4.60. The van der Waals surface area contributed by atoms with E-state index < -0.39 is 8.25 Å². The van der Waals surface area contributed by atoms with E-state index in [1.807, 2.05) is 123 Å². The van der Waals surface area contributed by atoms with Gasteiger partial charge < -0.3 is 0 Å². The van der Waals surface area contributed by atoms with Crippen molar-refractivity contribution in [1.82, 2.24) is 9.97 Å². The van der Waals surface area contributed by atoms with Gasteiger partial charge in [0.15, 0.2) is 0 Å². The van der Waals surface area contributed by atoms with Crippen LogP contribution in [0.15, 0.2) is 109 Å². The van der Waals surface area contributed by atoms with E-state index >= 15 is 0 Å². The number of benzene rings is 4. The highest BCUT2D eigenvalue weighted by Crippen LogP contribution is 2.38. The summed E-state index contributed by atoms with van der Waals surface area (Å²) < 4.78 is 25.0. The molecular weight excluding hydrogens is 491 g/mol. The number of pyridine rings is 2. The Morgan fingerprint density at radius 2 is 0.947 bits per heavy atom. The van der Waals surface area contributed by atoms with E-state index in [1.54, 1.807) is 0 Å². The third-order valence-electron chi connectivity index (χ3n) is 6.43. The van der Waals surface area contributed by atoms with E-state index in [9.17, 15) is 4.57 Å². The predicted molar refractivity (Wildman–Crippen MR) is 153 cm³/mol. The first kappa shape index (κ1) is 23.8. The molecule has 6 rings (SSSR count). The summed E-state index contributed by atoms with van der Waals surface area (Å²) in [6, 6.07) is 35.7. The Labute approximate surface area is 221 Å². The molecule has 0 aliphatic rings. The van der Waals surface area contributed by atoms with E-state index in [0.29, 0.717) is 0 Å². The summed E-state index contributed by atoms with van der Waals surface area (Å²) in [5.74, 6) is 0.498. The molecule has 0 aliphatic heterocycles. The van der Waals surface area contributed by atoms with Gasteiger partial charge in [-0.15, -0.1) is 0 Å². The third kappa shape index (κ3) is 4.84. The van der Waals surface area contributed by atoms with Gasteiger partial charge in [0.1, 0.15) is 0 Å². The predicted octanol–water partition coefficient (Wildman–Crippen LogP) is 8.85. The van der Waals surface area contributed by atoms with Crippen LogP contribution < -0.4 is 9.05 Å². The largest absolute Gasteiger partial charge is 0.808 e. The lowest BCUT2D eigenvalue weighted by molar-refractivity contribution is 0.408. The monoisotopic (exact) mass is 515 g/mol. The topological polar surface area (TPSA) is 61.3 Å². The molecule has 0 bridgehead atoms. The first-order valence-corrected chi connectivity index (χ1v) is 13.4. The Bertz CT molecular complexity index is 1670. The van der Waals surface area contributed by atoms with Gasteiger partial charge in [0.25, 0.3) is 11.8 Å². The number of rotatable bonds is 6. The molecule has 6 heteroatoms. The van der Waals surface area contributed by atoms with Crippen LogP contribution in [0, 0.1) is 13.8 Å². The second kappa shape index (κ2) is 10.0. The number of fused-ring (bicyclic) bond motifs is 2. The summed E-state index contributed by atoms with van der Waals surface area (Å²) in [7, 11) is -2.63. The van der Waals surface area contributed by atoms with Crippen LogP contribution in [-0.2, 0) is 4.57 Å². The van der Waals surface area contributed by atoms with Crippen molar-refractivity contribution in [3.63, 3.8) is 0 Å². The van der Waals surface area contributed by atoms with Crippen LogP contribution in [0.3, 0.4) is 0 Å². The minimum absolute atomic E-state index is 0.249. The highest BCUT2D eigenvalue weighted by Gasteiger charge is 2.29. The third-order valence-corrected chi connectivity index (χ3v) is 7.07. The molecule has 0 aliphatic carbocycles. The molecule has 38 heavy (non-hydrogen) atoms. The maximum Gasteiger partial charge on any atom is 0.808 e. The Morgan fingerprint density at radius 3 is 1.37 bits per heavy atom. The average molecular weight is 516 g/mol. The van der Waals surface area contributed by atoms with Crippen molar-refractivity contribution >= 4 is 29.8 Å². The van der Waals surface area contributed by atoms with Crippen LogP contribution in [0.2, 0.25) is 0 Å². The molecule has 0 fully saturated rings. The zero-order valence-corrected chi connectivity index (χ0v) is 21.9. The van der Waals surface area contributed by atoms with E-state index in [4.69, 9.17) is 19.0 Å². The fourth-order valence-corrected chi connectivity index (χ4v) is 4.98. The van der Waals surface area contributed by atoms with Crippen molar-refractivity contribution in [2.75, 3.05) is 0 Å². The summed E-state index contributed by atoms with van der Waals surface area (Å²) >= 11 is 0. The number of hydrogen-bond donors (Lipinski definition) is 0. The van der Waals surface area contributed by atoms with Gasteiger partial charge in [0.05, 0.1) is 11.4 Å². The normalized spacial score (nSPS) is 11.0. The number of aryl methyl sites for hydroxylation is 2. The standard InChI is InChI=1S/C32H24N2O3P/c1-21-11-15-23(16-12-21)29-19-25-7-3-5-9-27(25)31(33-29)36-38(35)37-32-28-10-6-4-8-26(28)20-30(34-32)24-17-13-22(2)14-18-24/h3-20H,1-2H3/q+1. The van der Waals surface area contributed by atoms with E-state index in [0.717, 1.165) is 55.2 Å². The lowest BCUT2D eigenvalue weighted by Crippen LogP contribution is -1.97. The van der Waals surface area contributed by atoms with Gasteiger partial charge in [-0.1, -0.05) is 96.1 Å². The minimum Gasteiger partial charge on any atom is -0.208 e. The maximum absolute atomic E-state index is 13.3. The summed E-state index contributed by atoms with van der Waals surface area (Å²) in [6.07, 6.45) is 0. The van der Waals surface area contributed by atoms with Gasteiger partial charge in [0, 0.05) is 26.5 Å². The smallest absolute Gasteiger partial charge is 0.208 e. The molecule has 0 radical (unpaired) electrons. The van der Waals surface area contributed by atoms with Crippen molar-refractivity contribution in [3.05, 3.63) is 120 Å². The molecule has 0 spiro atoms. The van der Waals surface area contributed by atoms with Gasteiger partial charge in [-0.2, -0.15) is 0 Å². The summed E-state index contributed by atoms with van der Waals surface area (Å²) in [5, 5.41) is 3.37. The van der Waals surface area contributed by atoms with Gasteiger partial charge in [-0.25, -0.2) is 19.0 Å². The summed E-state index contributed by atoms with van der Waals surface area (Å²) in [4.78, 5) is 9.42. The van der Waals surface area contributed by atoms with Crippen molar-refractivity contribution < 1.29 is 13.6 Å². The van der Waals surface area contributed by atoms with Crippen LogP contribution >= 0.6 is 8.25 Å². The fourth-order valence-electron chi connectivity index (χ4n) is 4.38. The minimum atomic E-state index is -2.63. The van der Waals surface area contributed by atoms with Gasteiger partial charge in [-0.05, 0) is 48.9 Å². The number of hydrogen-bond acceptors (Lipinski definition) is 5. The molecule has 2 aromatic heterocycles. The molecule has 4 aromatic carbocycles.